The lowest BCUT2D eigenvalue weighted by Crippen LogP contribution is -2.59. The Morgan fingerprint density at radius 2 is 1.46 bits per heavy atom. The summed E-state index contributed by atoms with van der Waals surface area (Å²) in [4.78, 5) is 75.1. The molecule has 0 spiro atoms. The predicted octanol–water partition coefficient (Wildman–Crippen LogP) is 1.34. The summed E-state index contributed by atoms with van der Waals surface area (Å²) in [5.74, 6) is -6.08. The molecule has 256 valence electrons. The molecule has 4 amide bonds. The fourth-order valence-electron chi connectivity index (χ4n) is 4.05. The van der Waals surface area contributed by atoms with Gasteiger partial charge in [-0.25, -0.2) is 13.2 Å². The summed E-state index contributed by atoms with van der Waals surface area (Å²) in [5.41, 5.74) is 0.717. The number of rotatable bonds is 19. The summed E-state index contributed by atoms with van der Waals surface area (Å²) in [6.07, 6.45) is -0.136. The molecule has 0 aliphatic carbocycles. The van der Waals surface area contributed by atoms with Crippen molar-refractivity contribution in [3.63, 3.8) is 0 Å². The number of carboxylic acids is 2. The number of aliphatic carboxylic acids is 2. The van der Waals surface area contributed by atoms with Gasteiger partial charge in [-0.3, -0.25) is 24.0 Å². The highest BCUT2D eigenvalue weighted by molar-refractivity contribution is 7.93. The zero-order chi connectivity index (χ0) is 35.0. The van der Waals surface area contributed by atoms with Gasteiger partial charge in [0.25, 0.3) is 0 Å². The van der Waals surface area contributed by atoms with E-state index in [0.29, 0.717) is 12.0 Å². The van der Waals surface area contributed by atoms with Crippen LogP contribution in [0.25, 0.3) is 0 Å². The Bertz CT molecular complexity index is 1350. The number of benzene rings is 1. The van der Waals surface area contributed by atoms with Crippen molar-refractivity contribution in [1.29, 1.82) is 0 Å². The fourth-order valence-corrected chi connectivity index (χ4v) is 4.52. The van der Waals surface area contributed by atoms with Crippen LogP contribution >= 0.6 is 0 Å². The van der Waals surface area contributed by atoms with Gasteiger partial charge in [0.05, 0.1) is 12.5 Å². The maximum Gasteiger partial charge on any atom is 0.408 e. The van der Waals surface area contributed by atoms with Crippen molar-refractivity contribution in [2.24, 2.45) is 11.8 Å². The van der Waals surface area contributed by atoms with Crippen LogP contribution in [0.3, 0.4) is 0 Å². The van der Waals surface area contributed by atoms with Crippen molar-refractivity contribution in [1.82, 2.24) is 21.3 Å². The molecule has 1 unspecified atom stereocenters. The second-order valence-corrected chi connectivity index (χ2v) is 13.1. The smallest absolute Gasteiger partial charge is 0.408 e. The van der Waals surface area contributed by atoms with E-state index in [0.717, 1.165) is 17.7 Å². The van der Waals surface area contributed by atoms with E-state index in [9.17, 15) is 47.4 Å². The number of carbonyl (C=O) groups excluding carboxylic acids is 4. The maximum atomic E-state index is 13.4. The van der Waals surface area contributed by atoms with Crippen molar-refractivity contribution in [3.05, 3.63) is 47.4 Å². The first kappa shape index (κ1) is 39.6. The molecular weight excluding hydrogens is 624 g/mol. The molecule has 1 rings (SSSR count). The normalized spacial score (nSPS) is 14.7. The van der Waals surface area contributed by atoms with E-state index in [-0.39, 0.29) is 13.0 Å². The monoisotopic (exact) mass is 668 g/mol. The van der Waals surface area contributed by atoms with Crippen LogP contribution in [0.5, 0.6) is 0 Å². The zero-order valence-corrected chi connectivity index (χ0v) is 27.3. The second kappa shape index (κ2) is 19.1. The van der Waals surface area contributed by atoms with Crippen LogP contribution in [0, 0.1) is 11.8 Å². The number of hydrogen-bond donors (Lipinski definition) is 6. The molecular formula is C30H44N4O11S. The summed E-state index contributed by atoms with van der Waals surface area (Å²) >= 11 is 0. The lowest BCUT2D eigenvalue weighted by molar-refractivity contribution is -0.139. The van der Waals surface area contributed by atoms with Crippen LogP contribution in [0.2, 0.25) is 0 Å². The van der Waals surface area contributed by atoms with E-state index in [1.807, 2.05) is 0 Å². The highest BCUT2D eigenvalue weighted by Gasteiger charge is 2.33. The molecule has 0 saturated carbocycles. The predicted molar refractivity (Wildman–Crippen MR) is 167 cm³/mol. The van der Waals surface area contributed by atoms with Crippen molar-refractivity contribution >= 4 is 45.6 Å². The second-order valence-electron chi connectivity index (χ2n) is 11.2. The summed E-state index contributed by atoms with van der Waals surface area (Å²) in [6, 6.07) is 3.72. The highest BCUT2D eigenvalue weighted by Crippen LogP contribution is 2.12. The molecule has 15 nitrogen and oxygen atoms in total. The van der Waals surface area contributed by atoms with Crippen LogP contribution in [0.1, 0.15) is 58.9 Å². The Morgan fingerprint density at radius 1 is 0.848 bits per heavy atom. The van der Waals surface area contributed by atoms with E-state index in [2.05, 4.69) is 21.3 Å². The molecule has 0 aliphatic heterocycles. The fraction of sp³-hybridized carbons (Fsp3) is 0.533. The molecule has 0 radical (unpaired) electrons. The number of alkyl carbamates (subject to hydrolysis) is 1. The van der Waals surface area contributed by atoms with Crippen LogP contribution in [-0.4, -0.2) is 84.8 Å². The molecule has 0 aromatic heterocycles. The largest absolute Gasteiger partial charge is 0.481 e. The van der Waals surface area contributed by atoms with E-state index < -0.39 is 94.4 Å². The van der Waals surface area contributed by atoms with Gasteiger partial charge in [-0.1, -0.05) is 70.5 Å². The molecule has 1 aromatic carbocycles. The molecule has 0 aliphatic rings. The third-order valence-electron chi connectivity index (χ3n) is 6.79. The first-order chi connectivity index (χ1) is 21.4. The summed E-state index contributed by atoms with van der Waals surface area (Å²) < 4.78 is 28.3. The van der Waals surface area contributed by atoms with Crippen LogP contribution in [0.4, 0.5) is 4.79 Å². The number of nitrogens with one attached hydrogen (secondary N) is 4. The Hall–Kier alpha value is -4.47. The molecule has 16 heteroatoms. The van der Waals surface area contributed by atoms with E-state index in [1.54, 1.807) is 58.0 Å². The number of hydrogen-bond acceptors (Lipinski definition) is 9. The lowest BCUT2D eigenvalue weighted by Gasteiger charge is -2.29. The van der Waals surface area contributed by atoms with Gasteiger partial charge in [0, 0.05) is 18.1 Å². The van der Waals surface area contributed by atoms with Gasteiger partial charge in [0.2, 0.25) is 17.7 Å². The van der Waals surface area contributed by atoms with Crippen LogP contribution in [0.15, 0.2) is 41.8 Å². The zero-order valence-electron chi connectivity index (χ0n) is 26.5. The van der Waals surface area contributed by atoms with Gasteiger partial charge in [-0.05, 0) is 23.8 Å². The van der Waals surface area contributed by atoms with Crippen molar-refractivity contribution < 1.29 is 52.1 Å². The Kier molecular flexibility index (Phi) is 16.5. The molecule has 0 fully saturated rings. The minimum absolute atomic E-state index is 0.0564. The molecule has 0 saturated heterocycles. The molecule has 0 bridgehead atoms. The minimum atomic E-state index is -3.64. The number of carboxylic acid groups (broad SMARTS) is 2. The summed E-state index contributed by atoms with van der Waals surface area (Å²) in [7, 11) is -3.64. The SMILES string of the molecule is CCC(C)[C@H](NC(=O)[C@H](CCC(=O)O)NC(=O)[C@@H](NC(=O)OCc1ccccc1)C(C)C)C(=O)N[C@H](/C=C/S(C)(=O)=O)CC(=O)O. The Balaban J connectivity index is 3.14. The van der Waals surface area contributed by atoms with E-state index in [4.69, 9.17) is 4.74 Å². The van der Waals surface area contributed by atoms with Crippen molar-refractivity contribution in [2.75, 3.05) is 6.26 Å². The van der Waals surface area contributed by atoms with Crippen LogP contribution < -0.4 is 21.3 Å². The minimum Gasteiger partial charge on any atom is -0.481 e. The van der Waals surface area contributed by atoms with E-state index >= 15 is 0 Å². The maximum absolute atomic E-state index is 13.4. The highest BCUT2D eigenvalue weighted by atomic mass is 32.2. The summed E-state index contributed by atoms with van der Waals surface area (Å²) in [6.45, 7) is 6.59. The van der Waals surface area contributed by atoms with Gasteiger partial charge >= 0.3 is 18.0 Å². The Morgan fingerprint density at radius 3 is 1.98 bits per heavy atom. The van der Waals surface area contributed by atoms with Crippen LogP contribution in [-0.2, 0) is 45.2 Å². The van der Waals surface area contributed by atoms with Crippen molar-refractivity contribution in [3.8, 4) is 0 Å². The molecule has 1 aromatic rings. The number of amides is 4. The van der Waals surface area contributed by atoms with Gasteiger partial charge in [0.1, 0.15) is 24.7 Å². The molecule has 5 atom stereocenters. The van der Waals surface area contributed by atoms with E-state index in [1.165, 1.54) is 0 Å². The number of carbonyl (C=O) groups is 6. The topological polar surface area (TPSA) is 234 Å². The number of ether oxygens (including phenoxy) is 1. The molecule has 6 N–H and O–H groups in total. The molecule has 46 heavy (non-hydrogen) atoms. The first-order valence-electron chi connectivity index (χ1n) is 14.6. The van der Waals surface area contributed by atoms with Gasteiger partial charge in [-0.15, -0.1) is 0 Å². The average Bonchev–Trinajstić information content (AvgIpc) is 2.97. The molecule has 0 heterocycles. The quantitative estimate of drug-likeness (QED) is 0.123. The third-order valence-corrected chi connectivity index (χ3v) is 7.44. The number of sulfone groups is 1. The Labute approximate surface area is 268 Å². The standard InChI is InChI=1S/C30H44N4O11S/c1-6-19(4)26(29(41)31-21(16-24(37)38)14-15-46(5,43)44)33-27(39)22(12-13-23(35)36)32-28(40)25(18(2)3)34-30(42)45-17-20-10-8-7-9-11-20/h7-11,14-15,18-19,21-22,25-26H,6,12-13,16-17H2,1-5H3,(H,31,41)(H,32,40)(H,33,39)(H,34,42)(H,35,36)(H,37,38)/b15-14+/t19?,21-,22+,25+,26+/m1/s1. The lowest BCUT2D eigenvalue weighted by atomic mass is 9.96. The van der Waals surface area contributed by atoms with Gasteiger partial charge in [0.15, 0.2) is 9.84 Å². The van der Waals surface area contributed by atoms with Gasteiger partial charge < -0.3 is 36.2 Å². The first-order valence-corrected chi connectivity index (χ1v) is 16.6. The van der Waals surface area contributed by atoms with Gasteiger partial charge in [-0.2, -0.15) is 0 Å². The average molecular weight is 669 g/mol. The third kappa shape index (κ3) is 15.5. The van der Waals surface area contributed by atoms with Crippen molar-refractivity contribution in [2.45, 2.75) is 84.2 Å². The summed E-state index contributed by atoms with van der Waals surface area (Å²) in [5, 5.41) is 29.1.